The van der Waals surface area contributed by atoms with E-state index in [-0.39, 0.29) is 13.0 Å². The summed E-state index contributed by atoms with van der Waals surface area (Å²) in [5.41, 5.74) is 3.28. The summed E-state index contributed by atoms with van der Waals surface area (Å²) < 4.78 is 33.6. The Morgan fingerprint density at radius 1 is 0.919 bits per heavy atom. The molecule has 0 aromatic heterocycles. The van der Waals surface area contributed by atoms with Crippen molar-refractivity contribution in [2.45, 2.75) is 58.0 Å². The number of ether oxygens (including phenoxy) is 6. The third-order valence-electron chi connectivity index (χ3n) is 6.13. The van der Waals surface area contributed by atoms with Crippen LogP contribution >= 0.6 is 0 Å². The fraction of sp³-hybridized carbons (Fsp3) is 0.444. The summed E-state index contributed by atoms with van der Waals surface area (Å²) in [6, 6.07) is 11.4. The topological polar surface area (TPSA) is 107 Å². The van der Waals surface area contributed by atoms with Crippen molar-refractivity contribution in [2.24, 2.45) is 0 Å². The summed E-state index contributed by atoms with van der Waals surface area (Å²) in [5.74, 6) is -0.185. The monoisotopic (exact) mass is 508 g/mol. The highest BCUT2D eigenvalue weighted by atomic mass is 16.6. The van der Waals surface area contributed by atoms with Gasteiger partial charge in [-0.05, 0) is 29.7 Å². The normalized spacial score (nSPS) is 22.6. The Morgan fingerprint density at radius 2 is 1.65 bits per heavy atom. The van der Waals surface area contributed by atoms with E-state index in [1.807, 2.05) is 30.3 Å². The fourth-order valence-electron chi connectivity index (χ4n) is 4.55. The molecule has 0 spiro atoms. The first-order valence-corrected chi connectivity index (χ1v) is 12.1. The molecule has 2 aromatic rings. The van der Waals surface area contributed by atoms with Crippen LogP contribution in [0.5, 0.6) is 11.5 Å². The van der Waals surface area contributed by atoms with Crippen LogP contribution in [0, 0.1) is 0 Å². The molecule has 2 aliphatic rings. The number of carbonyl (C=O) groups is 3. The molecule has 2 heterocycles. The van der Waals surface area contributed by atoms with E-state index in [2.05, 4.69) is 0 Å². The highest BCUT2D eigenvalue weighted by molar-refractivity contribution is 6.33. The molecule has 10 heteroatoms. The lowest BCUT2D eigenvalue weighted by atomic mass is 9.84. The van der Waals surface area contributed by atoms with Crippen molar-refractivity contribution < 1.29 is 42.8 Å². The first kappa shape index (κ1) is 26.5. The third kappa shape index (κ3) is 6.83. The lowest BCUT2D eigenvalue weighted by Gasteiger charge is -2.40. The molecule has 37 heavy (non-hydrogen) atoms. The molecule has 0 aliphatic carbocycles. The molecule has 4 atom stereocenters. The zero-order valence-corrected chi connectivity index (χ0v) is 21.1. The van der Waals surface area contributed by atoms with E-state index in [1.165, 1.54) is 20.8 Å². The van der Waals surface area contributed by atoms with Gasteiger partial charge in [-0.25, -0.2) is 0 Å². The number of benzene rings is 2. The van der Waals surface area contributed by atoms with Crippen molar-refractivity contribution in [1.29, 1.82) is 0 Å². The highest BCUT2D eigenvalue weighted by Crippen LogP contribution is 2.36. The Bertz CT molecular complexity index is 1160. The van der Waals surface area contributed by atoms with Crippen molar-refractivity contribution in [1.82, 2.24) is 0 Å². The summed E-state index contributed by atoms with van der Waals surface area (Å²) >= 11 is 0. The second kappa shape index (κ2) is 11.7. The van der Waals surface area contributed by atoms with Gasteiger partial charge in [0.15, 0.2) is 17.6 Å². The average Bonchev–Trinajstić information content (AvgIpc) is 2.84. The Labute approximate surface area is 216 Å². The minimum atomic E-state index is -0.928. The fourth-order valence-corrected chi connectivity index (χ4v) is 4.55. The van der Waals surface area contributed by atoms with Gasteiger partial charge in [0.25, 0.3) is 0 Å². The minimum Gasteiger partial charge on any atom is -0.486 e. The van der Waals surface area contributed by atoms with E-state index in [0.29, 0.717) is 36.6 Å². The van der Waals surface area contributed by atoms with Gasteiger partial charge in [-0.15, -0.1) is 0 Å². The minimum absolute atomic E-state index is 0.166. The first-order chi connectivity index (χ1) is 17.7. The number of carbonyl (C=O) groups excluding carboxylic acids is 3. The summed E-state index contributed by atoms with van der Waals surface area (Å²) in [6.07, 6.45) is -2.31. The molecule has 2 aromatic carbocycles. The molecular formula is C27H29BO9. The number of hydrogen-bond acceptors (Lipinski definition) is 9. The largest absolute Gasteiger partial charge is 0.486 e. The van der Waals surface area contributed by atoms with Crippen LogP contribution < -0.4 is 14.9 Å². The average molecular weight is 508 g/mol. The second-order valence-electron chi connectivity index (χ2n) is 9.04. The van der Waals surface area contributed by atoms with Crippen LogP contribution in [0.4, 0.5) is 0 Å². The van der Waals surface area contributed by atoms with Crippen molar-refractivity contribution in [3.05, 3.63) is 53.1 Å². The third-order valence-corrected chi connectivity index (χ3v) is 6.13. The van der Waals surface area contributed by atoms with Crippen LogP contribution in [-0.2, 0) is 39.8 Å². The predicted octanol–water partition coefficient (Wildman–Crippen LogP) is 2.10. The number of esters is 3. The maximum atomic E-state index is 11.8. The second-order valence-corrected chi connectivity index (χ2v) is 9.04. The SMILES string of the molecule is [B]c1ccc([C@H]2C[C@@H](OC(C)=O)C(OC(C)=O)[C@@H](COC(C)=O)O2)cc1Cc1ccc2c(c1)OCCO2. The van der Waals surface area contributed by atoms with Crippen molar-refractivity contribution >= 4 is 31.2 Å². The van der Waals surface area contributed by atoms with E-state index in [1.54, 1.807) is 6.07 Å². The zero-order valence-electron chi connectivity index (χ0n) is 21.1. The molecule has 194 valence electrons. The van der Waals surface area contributed by atoms with Gasteiger partial charge in [-0.2, -0.15) is 0 Å². The Balaban J connectivity index is 1.59. The van der Waals surface area contributed by atoms with Crippen molar-refractivity contribution in [2.75, 3.05) is 19.8 Å². The van der Waals surface area contributed by atoms with Crippen LogP contribution in [0.15, 0.2) is 36.4 Å². The number of hydrogen-bond donors (Lipinski definition) is 0. The molecule has 0 amide bonds. The molecule has 1 fully saturated rings. The Hall–Kier alpha value is -3.53. The van der Waals surface area contributed by atoms with Gasteiger partial charge in [0.1, 0.15) is 39.9 Å². The van der Waals surface area contributed by atoms with Gasteiger partial charge >= 0.3 is 17.9 Å². The quantitative estimate of drug-likeness (QED) is 0.316. The van der Waals surface area contributed by atoms with Crippen molar-refractivity contribution in [3.63, 3.8) is 0 Å². The van der Waals surface area contributed by atoms with E-state index < -0.39 is 42.3 Å². The predicted molar refractivity (Wildman–Crippen MR) is 132 cm³/mol. The lowest BCUT2D eigenvalue weighted by molar-refractivity contribution is -0.216. The van der Waals surface area contributed by atoms with Crippen LogP contribution in [0.3, 0.4) is 0 Å². The molecule has 9 nitrogen and oxygen atoms in total. The Morgan fingerprint density at radius 3 is 2.35 bits per heavy atom. The molecule has 4 rings (SSSR count). The Kier molecular flexibility index (Phi) is 8.38. The van der Waals surface area contributed by atoms with Gasteiger partial charge in [0.05, 0.1) is 6.10 Å². The number of fused-ring (bicyclic) bond motifs is 1. The van der Waals surface area contributed by atoms with Crippen LogP contribution in [-0.4, -0.2) is 63.9 Å². The molecule has 0 bridgehead atoms. The smallest absolute Gasteiger partial charge is 0.303 e. The van der Waals surface area contributed by atoms with Gasteiger partial charge < -0.3 is 28.4 Å². The van der Waals surface area contributed by atoms with Gasteiger partial charge in [0.2, 0.25) is 0 Å². The summed E-state index contributed by atoms with van der Waals surface area (Å²) in [6.45, 7) is 4.66. The van der Waals surface area contributed by atoms with E-state index in [0.717, 1.165) is 16.7 Å². The van der Waals surface area contributed by atoms with E-state index in [4.69, 9.17) is 36.3 Å². The van der Waals surface area contributed by atoms with E-state index in [9.17, 15) is 14.4 Å². The molecule has 1 unspecified atom stereocenters. The van der Waals surface area contributed by atoms with Gasteiger partial charge in [-0.3, -0.25) is 14.4 Å². The van der Waals surface area contributed by atoms with Crippen molar-refractivity contribution in [3.8, 4) is 11.5 Å². The lowest BCUT2D eigenvalue weighted by Crippen LogP contribution is -2.51. The van der Waals surface area contributed by atoms with E-state index >= 15 is 0 Å². The van der Waals surface area contributed by atoms with Crippen LogP contribution in [0.2, 0.25) is 0 Å². The van der Waals surface area contributed by atoms with Gasteiger partial charge in [0, 0.05) is 27.2 Å². The van der Waals surface area contributed by atoms with Crippen LogP contribution in [0.1, 0.15) is 50.0 Å². The molecular weight excluding hydrogens is 479 g/mol. The molecule has 2 aliphatic heterocycles. The first-order valence-electron chi connectivity index (χ1n) is 12.1. The summed E-state index contributed by atoms with van der Waals surface area (Å²) in [7, 11) is 6.30. The maximum absolute atomic E-state index is 11.8. The standard InChI is InChI=1S/C27H29BO9/c1-15(29)34-14-26-27(36-17(3)31)25(35-16(2)30)13-23(37-26)19-5-6-21(28)20(12-19)10-18-4-7-22-24(11-18)33-9-8-32-22/h4-7,11-12,23,25-27H,8-10,13-14H2,1-3H3/t23-,25-,26-,27?/m1/s1. The highest BCUT2D eigenvalue weighted by Gasteiger charge is 2.44. The molecule has 2 radical (unpaired) electrons. The molecule has 1 saturated heterocycles. The summed E-state index contributed by atoms with van der Waals surface area (Å²) in [4.78, 5) is 35.1. The maximum Gasteiger partial charge on any atom is 0.303 e. The summed E-state index contributed by atoms with van der Waals surface area (Å²) in [5, 5.41) is 0. The van der Waals surface area contributed by atoms with Gasteiger partial charge in [-0.1, -0.05) is 35.3 Å². The number of rotatable bonds is 7. The molecule has 0 saturated carbocycles. The zero-order chi connectivity index (χ0) is 26.5. The van der Waals surface area contributed by atoms with Crippen LogP contribution in [0.25, 0.3) is 0 Å². The molecule has 0 N–H and O–H groups in total.